The van der Waals surface area contributed by atoms with E-state index in [4.69, 9.17) is 4.74 Å². The van der Waals surface area contributed by atoms with E-state index in [1.807, 2.05) is 38.1 Å². The highest BCUT2D eigenvalue weighted by molar-refractivity contribution is 9.09. The molecule has 7 rings (SSSR count). The standard InChI is InChI=1S/C29H24BrNO4/c1-16(2)15-35-28(34)17-11-13-18(14-12-17)31-26(32)24-23-19-7-3-5-9-21(19)29(30,25(24)27(31)33)22-10-6-4-8-20(22)23/h3-14,16,23-25H,15H2,1-2H3/t23?,24-,25-,29?/m1/s1. The van der Waals surface area contributed by atoms with Crippen molar-refractivity contribution < 1.29 is 19.1 Å². The van der Waals surface area contributed by atoms with Crippen molar-refractivity contribution in [3.05, 3.63) is 101 Å². The van der Waals surface area contributed by atoms with Crippen molar-refractivity contribution in [3.8, 4) is 0 Å². The molecule has 3 aromatic rings. The van der Waals surface area contributed by atoms with Crippen molar-refractivity contribution in [1.29, 1.82) is 0 Å². The van der Waals surface area contributed by atoms with Crippen LogP contribution < -0.4 is 4.90 Å². The Kier molecular flexibility index (Phi) is 5.01. The summed E-state index contributed by atoms with van der Waals surface area (Å²) in [4.78, 5) is 41.5. The molecule has 0 radical (unpaired) electrons. The van der Waals surface area contributed by atoms with Gasteiger partial charge in [0, 0.05) is 5.92 Å². The first kappa shape index (κ1) is 22.2. The summed E-state index contributed by atoms with van der Waals surface area (Å²) >= 11 is 4.00. The Hall–Kier alpha value is -3.25. The fourth-order valence-electron chi connectivity index (χ4n) is 6.01. The number of hydrogen-bond donors (Lipinski definition) is 0. The highest BCUT2D eigenvalue weighted by atomic mass is 79.9. The molecule has 1 aliphatic heterocycles. The number of halogens is 1. The Morgan fingerprint density at radius 2 is 1.49 bits per heavy atom. The zero-order chi connectivity index (χ0) is 24.5. The fourth-order valence-corrected chi connectivity index (χ4v) is 7.21. The smallest absolute Gasteiger partial charge is 0.338 e. The van der Waals surface area contributed by atoms with Crippen LogP contribution in [0, 0.1) is 17.8 Å². The average Bonchev–Trinajstić information content (AvgIpc) is 3.14. The van der Waals surface area contributed by atoms with Gasteiger partial charge in [-0.3, -0.25) is 9.59 Å². The molecule has 3 aliphatic carbocycles. The van der Waals surface area contributed by atoms with Crippen molar-refractivity contribution in [3.63, 3.8) is 0 Å². The molecule has 6 heteroatoms. The second-order valence-corrected chi connectivity index (χ2v) is 11.2. The Morgan fingerprint density at radius 3 is 2.06 bits per heavy atom. The molecule has 0 spiro atoms. The Balaban J connectivity index is 1.40. The Labute approximate surface area is 212 Å². The molecule has 2 bridgehead atoms. The molecular weight excluding hydrogens is 506 g/mol. The van der Waals surface area contributed by atoms with Crippen molar-refractivity contribution in [2.24, 2.45) is 17.8 Å². The van der Waals surface area contributed by atoms with Gasteiger partial charge in [-0.1, -0.05) is 78.3 Å². The van der Waals surface area contributed by atoms with E-state index in [9.17, 15) is 14.4 Å². The van der Waals surface area contributed by atoms with Crippen molar-refractivity contribution in [2.75, 3.05) is 11.5 Å². The summed E-state index contributed by atoms with van der Waals surface area (Å²) < 4.78 is 4.53. The number of imide groups is 1. The van der Waals surface area contributed by atoms with Gasteiger partial charge in [-0.15, -0.1) is 0 Å². The normalized spacial score (nSPS) is 25.9. The summed E-state index contributed by atoms with van der Waals surface area (Å²) in [6.45, 7) is 4.28. The van der Waals surface area contributed by atoms with Crippen LogP contribution in [0.15, 0.2) is 72.8 Å². The summed E-state index contributed by atoms with van der Waals surface area (Å²) in [6, 6.07) is 22.7. The van der Waals surface area contributed by atoms with Crippen molar-refractivity contribution >= 4 is 39.4 Å². The van der Waals surface area contributed by atoms with E-state index in [0.717, 1.165) is 22.3 Å². The van der Waals surface area contributed by atoms with E-state index in [2.05, 4.69) is 40.2 Å². The van der Waals surface area contributed by atoms with Gasteiger partial charge in [-0.05, 0) is 52.4 Å². The van der Waals surface area contributed by atoms with E-state index < -0.39 is 22.1 Å². The first-order chi connectivity index (χ1) is 16.8. The molecule has 2 amide bonds. The number of rotatable bonds is 4. The Bertz CT molecular complexity index is 1330. The van der Waals surface area contributed by atoms with E-state index >= 15 is 0 Å². The number of carbonyl (C=O) groups excluding carboxylic acids is 3. The van der Waals surface area contributed by atoms with Gasteiger partial charge in [-0.2, -0.15) is 0 Å². The van der Waals surface area contributed by atoms with Gasteiger partial charge in [0.25, 0.3) is 0 Å². The molecule has 176 valence electrons. The first-order valence-corrected chi connectivity index (χ1v) is 12.7. The highest BCUT2D eigenvalue weighted by Crippen LogP contribution is 2.66. The fraction of sp³-hybridized carbons (Fsp3) is 0.276. The second kappa shape index (κ2) is 7.89. The lowest BCUT2D eigenvalue weighted by Gasteiger charge is -2.51. The number of ether oxygens (including phenoxy) is 1. The molecule has 0 saturated carbocycles. The lowest BCUT2D eigenvalue weighted by molar-refractivity contribution is -0.122. The molecule has 2 atom stereocenters. The predicted octanol–water partition coefficient (Wildman–Crippen LogP) is 5.40. The molecule has 0 aromatic heterocycles. The molecule has 35 heavy (non-hydrogen) atoms. The second-order valence-electron chi connectivity index (χ2n) is 9.92. The van der Waals surface area contributed by atoms with Crippen molar-refractivity contribution in [2.45, 2.75) is 24.1 Å². The third kappa shape index (κ3) is 3.02. The number of carbonyl (C=O) groups is 3. The average molecular weight is 530 g/mol. The van der Waals surface area contributed by atoms with Crippen LogP contribution in [0.1, 0.15) is 52.4 Å². The molecule has 3 aromatic carbocycles. The number of hydrogen-bond acceptors (Lipinski definition) is 4. The molecule has 0 unspecified atom stereocenters. The molecule has 5 nitrogen and oxygen atoms in total. The van der Waals surface area contributed by atoms with E-state index in [1.165, 1.54) is 4.90 Å². The summed E-state index contributed by atoms with van der Waals surface area (Å²) in [5, 5.41) is 0. The summed E-state index contributed by atoms with van der Waals surface area (Å²) in [7, 11) is 0. The van der Waals surface area contributed by atoms with Crippen LogP contribution in [0.3, 0.4) is 0 Å². The maximum Gasteiger partial charge on any atom is 0.338 e. The number of anilines is 1. The monoisotopic (exact) mass is 529 g/mol. The summed E-state index contributed by atoms with van der Waals surface area (Å²) in [5.74, 6) is -1.83. The lowest BCUT2D eigenvalue weighted by Crippen LogP contribution is -2.50. The number of benzene rings is 3. The molecule has 1 saturated heterocycles. The van der Waals surface area contributed by atoms with Gasteiger partial charge < -0.3 is 4.74 Å². The van der Waals surface area contributed by atoms with Gasteiger partial charge in [0.2, 0.25) is 11.8 Å². The SMILES string of the molecule is CC(C)COC(=O)c1ccc(N2C(=O)[C@@H]3C4c5ccccc5C(Br)(c5ccccc54)[C@H]3C2=O)cc1. The maximum absolute atomic E-state index is 13.9. The minimum atomic E-state index is -0.776. The topological polar surface area (TPSA) is 63.7 Å². The number of amides is 2. The van der Waals surface area contributed by atoms with Crippen LogP contribution in [0.2, 0.25) is 0 Å². The third-order valence-corrected chi connectivity index (χ3v) is 8.77. The van der Waals surface area contributed by atoms with Gasteiger partial charge >= 0.3 is 5.97 Å². The minimum absolute atomic E-state index is 0.182. The molecule has 0 N–H and O–H groups in total. The zero-order valence-electron chi connectivity index (χ0n) is 19.4. The quantitative estimate of drug-likeness (QED) is 0.258. The number of esters is 1. The number of nitrogens with zero attached hydrogens (tertiary/aromatic N) is 1. The van der Waals surface area contributed by atoms with Gasteiger partial charge in [0.1, 0.15) is 0 Å². The number of alkyl halides is 1. The maximum atomic E-state index is 13.9. The van der Waals surface area contributed by atoms with Gasteiger partial charge in [0.05, 0.1) is 34.0 Å². The Morgan fingerprint density at radius 1 is 0.914 bits per heavy atom. The minimum Gasteiger partial charge on any atom is -0.462 e. The van der Waals surface area contributed by atoms with E-state index in [1.54, 1.807) is 24.3 Å². The molecule has 1 heterocycles. The predicted molar refractivity (Wildman–Crippen MR) is 135 cm³/mol. The highest BCUT2D eigenvalue weighted by Gasteiger charge is 2.67. The molecular formula is C29H24BrNO4. The lowest BCUT2D eigenvalue weighted by atomic mass is 9.55. The van der Waals surface area contributed by atoms with E-state index in [0.29, 0.717) is 17.9 Å². The third-order valence-electron chi connectivity index (χ3n) is 7.42. The zero-order valence-corrected chi connectivity index (χ0v) is 21.0. The van der Waals surface area contributed by atoms with Crippen LogP contribution in [-0.2, 0) is 18.7 Å². The van der Waals surface area contributed by atoms with Crippen LogP contribution in [0.5, 0.6) is 0 Å². The van der Waals surface area contributed by atoms with Gasteiger partial charge in [0.15, 0.2) is 0 Å². The van der Waals surface area contributed by atoms with E-state index in [-0.39, 0.29) is 23.7 Å². The van der Waals surface area contributed by atoms with Crippen molar-refractivity contribution in [1.82, 2.24) is 0 Å². The summed E-state index contributed by atoms with van der Waals surface area (Å²) in [6.07, 6.45) is 0. The molecule has 1 fully saturated rings. The van der Waals surface area contributed by atoms with Crippen LogP contribution in [-0.4, -0.2) is 24.4 Å². The van der Waals surface area contributed by atoms with Crippen LogP contribution in [0.25, 0.3) is 0 Å². The van der Waals surface area contributed by atoms with Crippen LogP contribution in [0.4, 0.5) is 5.69 Å². The summed E-state index contributed by atoms with van der Waals surface area (Å²) in [5.41, 5.74) is 5.15. The van der Waals surface area contributed by atoms with Crippen LogP contribution >= 0.6 is 15.9 Å². The largest absolute Gasteiger partial charge is 0.462 e. The first-order valence-electron chi connectivity index (χ1n) is 11.9. The molecule has 4 aliphatic rings. The van der Waals surface area contributed by atoms with Gasteiger partial charge in [-0.25, -0.2) is 9.69 Å².